The predicted molar refractivity (Wildman–Crippen MR) is 302 cm³/mol. The van der Waals surface area contributed by atoms with E-state index >= 15 is 0 Å². The first-order chi connectivity index (χ1) is 34.5. The van der Waals surface area contributed by atoms with E-state index in [1.54, 1.807) is 0 Å². The van der Waals surface area contributed by atoms with Crippen molar-refractivity contribution in [2.45, 2.75) is 341 Å². The molecule has 0 aromatic carbocycles. The van der Waals surface area contributed by atoms with Crippen LogP contribution in [-0.4, -0.2) is 37.2 Å². The van der Waals surface area contributed by atoms with Crippen molar-refractivity contribution < 1.29 is 28.6 Å². The second-order valence-corrected chi connectivity index (χ2v) is 21.0. The lowest BCUT2D eigenvalue weighted by atomic mass is 10.0. The van der Waals surface area contributed by atoms with Gasteiger partial charge in [0.1, 0.15) is 13.2 Å². The summed E-state index contributed by atoms with van der Waals surface area (Å²) in [7, 11) is 0. The van der Waals surface area contributed by atoms with Crippen molar-refractivity contribution in [3.63, 3.8) is 0 Å². The van der Waals surface area contributed by atoms with E-state index in [2.05, 4.69) is 57.2 Å². The van der Waals surface area contributed by atoms with Crippen LogP contribution < -0.4 is 0 Å². The molecule has 0 spiro atoms. The summed E-state index contributed by atoms with van der Waals surface area (Å²) in [6, 6.07) is 0. The second kappa shape index (κ2) is 59.2. The molecule has 0 amide bonds. The number of rotatable bonds is 57. The van der Waals surface area contributed by atoms with Crippen LogP contribution in [0.4, 0.5) is 0 Å². The number of hydrogen-bond acceptors (Lipinski definition) is 6. The van der Waals surface area contributed by atoms with E-state index in [1.807, 2.05) is 0 Å². The van der Waals surface area contributed by atoms with Crippen molar-refractivity contribution in [3.05, 3.63) is 36.5 Å². The highest BCUT2D eigenvalue weighted by Crippen LogP contribution is 2.17. The van der Waals surface area contributed by atoms with Crippen LogP contribution in [0.25, 0.3) is 0 Å². The molecule has 0 rings (SSSR count). The first kappa shape index (κ1) is 67.6. The summed E-state index contributed by atoms with van der Waals surface area (Å²) < 4.78 is 16.9. The van der Waals surface area contributed by atoms with Crippen LogP contribution in [0.2, 0.25) is 0 Å². The molecule has 0 fully saturated rings. The zero-order valence-electron chi connectivity index (χ0n) is 47.1. The molecule has 410 valence electrons. The molecular formula is C64H118O6. The molecule has 0 N–H and O–H groups in total. The molecular weight excluding hydrogens is 865 g/mol. The highest BCUT2D eigenvalue weighted by Gasteiger charge is 2.19. The summed E-state index contributed by atoms with van der Waals surface area (Å²) in [6.45, 7) is 6.65. The van der Waals surface area contributed by atoms with Gasteiger partial charge in [-0.2, -0.15) is 0 Å². The molecule has 0 aliphatic rings. The molecule has 0 aliphatic carbocycles. The Morgan fingerprint density at radius 1 is 0.286 bits per heavy atom. The maximum atomic E-state index is 12.9. The van der Waals surface area contributed by atoms with Gasteiger partial charge in [0.2, 0.25) is 0 Å². The van der Waals surface area contributed by atoms with E-state index < -0.39 is 6.10 Å². The third-order valence-corrected chi connectivity index (χ3v) is 13.9. The molecule has 0 aromatic rings. The average Bonchev–Trinajstić information content (AvgIpc) is 3.36. The SMILES string of the molecule is CCCCC/C=C\C/C=C\CCCCCCCC(=O)OCC(COC(=O)CCCCCCCCCCCCCCCCCCCCCC)OC(=O)CCCCCCCCC/C=C\CCCCCCCC. The van der Waals surface area contributed by atoms with E-state index in [0.717, 1.165) is 77.0 Å². The predicted octanol–water partition coefficient (Wildman–Crippen LogP) is 20.8. The molecule has 0 bridgehead atoms. The number of carbonyl (C=O) groups excluding carboxylic acids is 3. The third-order valence-electron chi connectivity index (χ3n) is 13.9. The molecule has 0 saturated carbocycles. The first-order valence-corrected chi connectivity index (χ1v) is 31.0. The quantitative estimate of drug-likeness (QED) is 0.0261. The number of esters is 3. The Morgan fingerprint density at radius 2 is 0.514 bits per heavy atom. The van der Waals surface area contributed by atoms with Crippen molar-refractivity contribution >= 4 is 17.9 Å². The Balaban J connectivity index is 4.33. The van der Waals surface area contributed by atoms with Gasteiger partial charge in [-0.05, 0) is 77.0 Å². The van der Waals surface area contributed by atoms with Crippen LogP contribution >= 0.6 is 0 Å². The van der Waals surface area contributed by atoms with Gasteiger partial charge < -0.3 is 14.2 Å². The lowest BCUT2D eigenvalue weighted by molar-refractivity contribution is -0.167. The van der Waals surface area contributed by atoms with Gasteiger partial charge in [0, 0.05) is 19.3 Å². The van der Waals surface area contributed by atoms with Gasteiger partial charge in [-0.25, -0.2) is 0 Å². The van der Waals surface area contributed by atoms with Gasteiger partial charge >= 0.3 is 17.9 Å². The largest absolute Gasteiger partial charge is 0.462 e. The number of carbonyl (C=O) groups is 3. The van der Waals surface area contributed by atoms with E-state index in [-0.39, 0.29) is 31.1 Å². The van der Waals surface area contributed by atoms with Gasteiger partial charge in [0.15, 0.2) is 6.10 Å². The van der Waals surface area contributed by atoms with Gasteiger partial charge in [0.25, 0.3) is 0 Å². The Bertz CT molecular complexity index is 1170. The number of unbranched alkanes of at least 4 members (excludes halogenated alkanes) is 40. The van der Waals surface area contributed by atoms with Crippen molar-refractivity contribution in [1.82, 2.24) is 0 Å². The molecule has 6 nitrogen and oxygen atoms in total. The van der Waals surface area contributed by atoms with Crippen molar-refractivity contribution in [2.24, 2.45) is 0 Å². The zero-order valence-corrected chi connectivity index (χ0v) is 47.1. The zero-order chi connectivity index (χ0) is 50.7. The van der Waals surface area contributed by atoms with Gasteiger partial charge in [-0.1, -0.05) is 276 Å². The van der Waals surface area contributed by atoms with Crippen molar-refractivity contribution in [1.29, 1.82) is 0 Å². The molecule has 0 heterocycles. The van der Waals surface area contributed by atoms with Crippen LogP contribution in [0.3, 0.4) is 0 Å². The second-order valence-electron chi connectivity index (χ2n) is 21.0. The number of allylic oxidation sites excluding steroid dienone is 6. The smallest absolute Gasteiger partial charge is 0.306 e. The lowest BCUT2D eigenvalue weighted by Gasteiger charge is -2.18. The molecule has 1 unspecified atom stereocenters. The summed E-state index contributed by atoms with van der Waals surface area (Å²) in [5, 5.41) is 0. The van der Waals surface area contributed by atoms with E-state index in [1.165, 1.54) is 218 Å². The Hall–Kier alpha value is -2.37. The minimum Gasteiger partial charge on any atom is -0.462 e. The van der Waals surface area contributed by atoms with Crippen LogP contribution in [0, 0.1) is 0 Å². The van der Waals surface area contributed by atoms with Gasteiger partial charge in [-0.15, -0.1) is 0 Å². The highest BCUT2D eigenvalue weighted by molar-refractivity contribution is 5.71. The molecule has 0 saturated heterocycles. The van der Waals surface area contributed by atoms with Crippen LogP contribution in [0.1, 0.15) is 335 Å². The molecule has 0 aliphatic heterocycles. The summed E-state index contributed by atoms with van der Waals surface area (Å²) in [5.41, 5.74) is 0. The summed E-state index contributed by atoms with van der Waals surface area (Å²) in [4.78, 5) is 38.2. The van der Waals surface area contributed by atoms with E-state index in [0.29, 0.717) is 19.3 Å². The fourth-order valence-corrected chi connectivity index (χ4v) is 9.18. The fraction of sp³-hybridized carbons (Fsp3) is 0.859. The molecule has 1 atom stereocenters. The topological polar surface area (TPSA) is 78.9 Å². The van der Waals surface area contributed by atoms with E-state index in [9.17, 15) is 14.4 Å². The minimum absolute atomic E-state index is 0.0744. The monoisotopic (exact) mass is 983 g/mol. The molecule has 0 aromatic heterocycles. The van der Waals surface area contributed by atoms with Crippen LogP contribution in [0.5, 0.6) is 0 Å². The average molecular weight is 984 g/mol. The maximum absolute atomic E-state index is 12.9. The molecule has 70 heavy (non-hydrogen) atoms. The van der Waals surface area contributed by atoms with Crippen LogP contribution in [0.15, 0.2) is 36.5 Å². The summed E-state index contributed by atoms with van der Waals surface area (Å²) >= 11 is 0. The summed E-state index contributed by atoms with van der Waals surface area (Å²) in [6.07, 6.45) is 71.4. The first-order valence-electron chi connectivity index (χ1n) is 31.0. The normalized spacial score (nSPS) is 12.2. The van der Waals surface area contributed by atoms with Crippen LogP contribution in [-0.2, 0) is 28.6 Å². The standard InChI is InChI=1S/C64H118O6/c1-4-7-10-13-16-19-22-25-28-30-31-32-34-36-39-42-45-48-51-54-57-63(66)69-60-61(59-68-62(65)56-53-50-47-44-41-38-35-27-24-21-18-15-12-9-6-3)70-64(67)58-55-52-49-46-43-40-37-33-29-26-23-20-17-14-11-8-5-2/h18,21,26-27,29,35,61H,4-17,19-20,22-25,28,30-34,36-60H2,1-3H3/b21-18-,29-26-,35-27-. The van der Waals surface area contributed by atoms with Gasteiger partial charge in [0.05, 0.1) is 0 Å². The van der Waals surface area contributed by atoms with Crippen molar-refractivity contribution in [2.75, 3.05) is 13.2 Å². The molecule has 0 radical (unpaired) electrons. The summed E-state index contributed by atoms with van der Waals surface area (Å²) in [5.74, 6) is -0.872. The Kier molecular flexibility index (Phi) is 57.2. The highest BCUT2D eigenvalue weighted by atomic mass is 16.6. The lowest BCUT2D eigenvalue weighted by Crippen LogP contribution is -2.30. The van der Waals surface area contributed by atoms with E-state index in [4.69, 9.17) is 14.2 Å². The molecule has 6 heteroatoms. The van der Waals surface area contributed by atoms with Crippen molar-refractivity contribution in [3.8, 4) is 0 Å². The van der Waals surface area contributed by atoms with Gasteiger partial charge in [-0.3, -0.25) is 14.4 Å². The minimum atomic E-state index is -0.778. The Labute approximate surface area is 435 Å². The maximum Gasteiger partial charge on any atom is 0.306 e. The number of ether oxygens (including phenoxy) is 3. The third kappa shape index (κ3) is 56.5. The number of hydrogen-bond donors (Lipinski definition) is 0. The fourth-order valence-electron chi connectivity index (χ4n) is 9.18. The Morgan fingerprint density at radius 3 is 0.829 bits per heavy atom.